The van der Waals surface area contributed by atoms with Gasteiger partial charge in [-0.1, -0.05) is 67.6 Å². The summed E-state index contributed by atoms with van der Waals surface area (Å²) in [5.41, 5.74) is 2.80. The molecule has 0 amide bonds. The summed E-state index contributed by atoms with van der Waals surface area (Å²) in [7, 11) is 0. The summed E-state index contributed by atoms with van der Waals surface area (Å²) in [6, 6.07) is 23.0. The molecule has 1 aliphatic heterocycles. The molecule has 2 heteroatoms. The molecule has 122 valence electrons. The minimum atomic E-state index is 0.585. The maximum absolute atomic E-state index is 2.63. The van der Waals surface area contributed by atoms with Crippen LogP contribution in [0.15, 0.2) is 60.7 Å². The highest BCUT2D eigenvalue weighted by atomic mass is 15.4. The van der Waals surface area contributed by atoms with Crippen LogP contribution in [0.4, 0.5) is 0 Å². The monoisotopic (exact) mass is 308 g/mol. The normalized spacial score (nSPS) is 21.3. The van der Waals surface area contributed by atoms with Crippen LogP contribution in [0, 0.1) is 0 Å². The van der Waals surface area contributed by atoms with E-state index in [1.54, 1.807) is 0 Å². The Morgan fingerprint density at radius 1 is 0.957 bits per heavy atom. The lowest BCUT2D eigenvalue weighted by Crippen LogP contribution is -2.37. The molecule has 2 nitrogen and oxygen atoms in total. The Morgan fingerprint density at radius 3 is 1.96 bits per heavy atom. The molecule has 0 aromatic heterocycles. The molecular weight excluding hydrogens is 280 g/mol. The van der Waals surface area contributed by atoms with Gasteiger partial charge in [-0.2, -0.15) is 0 Å². The molecule has 1 saturated heterocycles. The second-order valence-corrected chi connectivity index (χ2v) is 6.68. The van der Waals surface area contributed by atoms with E-state index in [-0.39, 0.29) is 0 Å². The zero-order valence-electron chi connectivity index (χ0n) is 14.4. The van der Waals surface area contributed by atoms with Gasteiger partial charge < -0.3 is 0 Å². The van der Waals surface area contributed by atoms with Crippen molar-refractivity contribution in [2.45, 2.75) is 45.4 Å². The van der Waals surface area contributed by atoms with Crippen LogP contribution in [-0.2, 0) is 13.1 Å². The Balaban J connectivity index is 1.70. The molecule has 0 radical (unpaired) electrons. The fourth-order valence-electron chi connectivity index (χ4n) is 3.42. The average Bonchev–Trinajstić information content (AvgIpc) is 3.35. The quantitative estimate of drug-likeness (QED) is 0.675. The Kier molecular flexibility index (Phi) is 5.47. The van der Waals surface area contributed by atoms with E-state index in [0.717, 1.165) is 19.1 Å². The fourth-order valence-corrected chi connectivity index (χ4v) is 3.42. The van der Waals surface area contributed by atoms with Crippen LogP contribution in [0.3, 0.4) is 0 Å². The van der Waals surface area contributed by atoms with Crippen LogP contribution in [0.5, 0.6) is 0 Å². The molecule has 0 spiro atoms. The van der Waals surface area contributed by atoms with E-state index in [1.165, 1.54) is 30.6 Å². The van der Waals surface area contributed by atoms with Crippen molar-refractivity contribution in [2.75, 3.05) is 13.1 Å². The first kappa shape index (κ1) is 16.2. The summed E-state index contributed by atoms with van der Waals surface area (Å²) in [4.78, 5) is 5.23. The molecule has 3 atom stereocenters. The van der Waals surface area contributed by atoms with Gasteiger partial charge in [0.1, 0.15) is 0 Å². The maximum Gasteiger partial charge on any atom is 0.0377 e. The zero-order chi connectivity index (χ0) is 16.1. The van der Waals surface area contributed by atoms with Crippen molar-refractivity contribution in [3.8, 4) is 0 Å². The van der Waals surface area contributed by atoms with Crippen LogP contribution in [0.2, 0.25) is 0 Å². The number of nitrogens with zero attached hydrogens (tertiary/aromatic N) is 2. The van der Waals surface area contributed by atoms with Crippen molar-refractivity contribution < 1.29 is 0 Å². The molecule has 0 aliphatic carbocycles. The molecule has 23 heavy (non-hydrogen) atoms. The smallest absolute Gasteiger partial charge is 0.0377 e. The van der Waals surface area contributed by atoms with Gasteiger partial charge in [-0.05, 0) is 31.0 Å². The summed E-state index contributed by atoms with van der Waals surface area (Å²) in [5, 5.41) is 0. The summed E-state index contributed by atoms with van der Waals surface area (Å²) in [5.74, 6) is 0. The summed E-state index contributed by atoms with van der Waals surface area (Å²) in [6.07, 6.45) is 1.25. The number of hydrogen-bond acceptors (Lipinski definition) is 2. The van der Waals surface area contributed by atoms with E-state index < -0.39 is 0 Å². The Labute approximate surface area is 140 Å². The van der Waals surface area contributed by atoms with Crippen LogP contribution >= 0.6 is 0 Å². The fraction of sp³-hybridized carbons (Fsp3) is 0.429. The SMILES string of the molecule is CCCN1C[C@H]1[C@H](C)N(Cc1ccccc1)Cc1ccccc1. The third kappa shape index (κ3) is 4.43. The molecule has 2 aromatic rings. The lowest BCUT2D eigenvalue weighted by atomic mass is 10.1. The molecular formula is C21H28N2. The summed E-state index contributed by atoms with van der Waals surface area (Å²) >= 11 is 0. The van der Waals surface area contributed by atoms with Crippen molar-refractivity contribution >= 4 is 0 Å². The van der Waals surface area contributed by atoms with Gasteiger partial charge in [0, 0.05) is 31.7 Å². The van der Waals surface area contributed by atoms with Crippen LogP contribution in [-0.4, -0.2) is 35.0 Å². The molecule has 0 bridgehead atoms. The van der Waals surface area contributed by atoms with Crippen LogP contribution in [0.1, 0.15) is 31.4 Å². The molecule has 2 aromatic carbocycles. The number of hydrogen-bond donors (Lipinski definition) is 0. The van der Waals surface area contributed by atoms with Crippen LogP contribution in [0.25, 0.3) is 0 Å². The molecule has 0 saturated carbocycles. The van der Waals surface area contributed by atoms with Crippen molar-refractivity contribution in [3.05, 3.63) is 71.8 Å². The molecule has 0 N–H and O–H groups in total. The lowest BCUT2D eigenvalue weighted by Gasteiger charge is -2.29. The van der Waals surface area contributed by atoms with Gasteiger partial charge in [0.05, 0.1) is 0 Å². The topological polar surface area (TPSA) is 6.25 Å². The first-order chi connectivity index (χ1) is 11.3. The Hall–Kier alpha value is -1.64. The predicted octanol–water partition coefficient (Wildman–Crippen LogP) is 4.17. The highest BCUT2D eigenvalue weighted by Gasteiger charge is 2.39. The largest absolute Gasteiger partial charge is 0.296 e. The van der Waals surface area contributed by atoms with E-state index >= 15 is 0 Å². The van der Waals surface area contributed by atoms with E-state index in [9.17, 15) is 0 Å². The van der Waals surface area contributed by atoms with E-state index in [0.29, 0.717) is 6.04 Å². The predicted molar refractivity (Wildman–Crippen MR) is 97.2 cm³/mol. The van der Waals surface area contributed by atoms with E-state index in [1.807, 2.05) is 0 Å². The minimum absolute atomic E-state index is 0.585. The Bertz CT molecular complexity index is 540. The van der Waals surface area contributed by atoms with Crippen molar-refractivity contribution in [2.24, 2.45) is 0 Å². The molecule has 1 unspecified atom stereocenters. The van der Waals surface area contributed by atoms with Crippen molar-refractivity contribution in [3.63, 3.8) is 0 Å². The van der Waals surface area contributed by atoms with Gasteiger partial charge in [-0.3, -0.25) is 9.80 Å². The van der Waals surface area contributed by atoms with Gasteiger partial charge in [-0.15, -0.1) is 0 Å². The maximum atomic E-state index is 2.63. The van der Waals surface area contributed by atoms with E-state index in [4.69, 9.17) is 0 Å². The standard InChI is InChI=1S/C21H28N2/c1-3-14-22-17-21(22)18(2)23(15-19-10-6-4-7-11-19)16-20-12-8-5-9-13-20/h4-13,18,21H,3,14-17H2,1-2H3/t18-,21-,22?/m0/s1. The van der Waals surface area contributed by atoms with Gasteiger partial charge in [-0.25, -0.2) is 0 Å². The Morgan fingerprint density at radius 2 is 1.48 bits per heavy atom. The van der Waals surface area contributed by atoms with Crippen LogP contribution < -0.4 is 0 Å². The molecule has 3 rings (SSSR count). The second-order valence-electron chi connectivity index (χ2n) is 6.68. The van der Waals surface area contributed by atoms with Gasteiger partial charge in [0.2, 0.25) is 0 Å². The highest BCUT2D eigenvalue weighted by Crippen LogP contribution is 2.26. The summed E-state index contributed by atoms with van der Waals surface area (Å²) in [6.45, 7) is 9.20. The van der Waals surface area contributed by atoms with E-state index in [2.05, 4.69) is 84.3 Å². The molecule has 1 fully saturated rings. The third-order valence-corrected chi connectivity index (χ3v) is 4.86. The molecule has 1 heterocycles. The van der Waals surface area contributed by atoms with Crippen molar-refractivity contribution in [1.82, 2.24) is 9.80 Å². The highest BCUT2D eigenvalue weighted by molar-refractivity contribution is 5.18. The van der Waals surface area contributed by atoms with Gasteiger partial charge in [0.15, 0.2) is 0 Å². The van der Waals surface area contributed by atoms with Gasteiger partial charge in [0.25, 0.3) is 0 Å². The lowest BCUT2D eigenvalue weighted by molar-refractivity contribution is 0.174. The first-order valence-corrected chi connectivity index (χ1v) is 8.84. The first-order valence-electron chi connectivity index (χ1n) is 8.84. The van der Waals surface area contributed by atoms with Gasteiger partial charge >= 0.3 is 0 Å². The average molecular weight is 308 g/mol. The number of rotatable bonds is 8. The molecule has 1 aliphatic rings. The third-order valence-electron chi connectivity index (χ3n) is 4.86. The van der Waals surface area contributed by atoms with Crippen molar-refractivity contribution in [1.29, 1.82) is 0 Å². The minimum Gasteiger partial charge on any atom is -0.296 e. The number of benzene rings is 2. The second kappa shape index (κ2) is 7.76. The zero-order valence-corrected chi connectivity index (χ0v) is 14.4. The summed E-state index contributed by atoms with van der Waals surface area (Å²) < 4.78 is 0.